The Morgan fingerprint density at radius 3 is 1.79 bits per heavy atom. The Labute approximate surface area is 112 Å². The molecule has 0 saturated heterocycles. The van der Waals surface area contributed by atoms with Crippen LogP contribution in [-0.4, -0.2) is 32.9 Å². The molecule has 1 rings (SSSR count). The smallest absolute Gasteiger partial charge is 0.180 e. The summed E-state index contributed by atoms with van der Waals surface area (Å²) < 4.78 is 15.5. The van der Waals surface area contributed by atoms with Crippen molar-refractivity contribution in [2.24, 2.45) is 5.92 Å². The quantitative estimate of drug-likeness (QED) is 0.583. The van der Waals surface area contributed by atoms with E-state index in [4.69, 9.17) is 14.2 Å². The molecule has 0 aromatic heterocycles. The summed E-state index contributed by atoms with van der Waals surface area (Å²) in [6, 6.07) is 3.17. The maximum absolute atomic E-state index is 12.3. The van der Waals surface area contributed by atoms with Gasteiger partial charge in [0.15, 0.2) is 5.78 Å². The van der Waals surface area contributed by atoms with E-state index < -0.39 is 5.92 Å². The Morgan fingerprint density at radius 1 is 1.00 bits per heavy atom. The zero-order valence-electron chi connectivity index (χ0n) is 11.8. The Balaban J connectivity index is 3.39. The molecule has 0 heterocycles. The van der Waals surface area contributed by atoms with Crippen molar-refractivity contribution in [2.75, 3.05) is 21.3 Å². The lowest BCUT2D eigenvalue weighted by molar-refractivity contribution is -0.118. The fourth-order valence-corrected chi connectivity index (χ4v) is 1.65. The van der Waals surface area contributed by atoms with Gasteiger partial charge in [0.1, 0.15) is 28.6 Å². The molecule has 5 heteroatoms. The highest BCUT2D eigenvalue weighted by molar-refractivity contribution is 6.12. The molecule has 1 unspecified atom stereocenters. The van der Waals surface area contributed by atoms with E-state index >= 15 is 0 Å². The number of benzene rings is 1. The fourth-order valence-electron chi connectivity index (χ4n) is 1.65. The molecule has 0 saturated carbocycles. The van der Waals surface area contributed by atoms with Crippen LogP contribution in [0.15, 0.2) is 12.1 Å². The van der Waals surface area contributed by atoms with E-state index in [1.807, 2.05) is 0 Å². The van der Waals surface area contributed by atoms with Crippen LogP contribution >= 0.6 is 0 Å². The third kappa shape index (κ3) is 3.05. The maximum atomic E-state index is 12.3. The molecule has 19 heavy (non-hydrogen) atoms. The van der Waals surface area contributed by atoms with Gasteiger partial charge in [-0.25, -0.2) is 0 Å². The SMILES string of the molecule is COc1cc(OC)c(C(=O)C(C)C(C)=O)c(OC)c1. The number of carbonyl (C=O) groups is 2. The maximum Gasteiger partial charge on any atom is 0.180 e. The zero-order chi connectivity index (χ0) is 14.6. The Bertz CT molecular complexity index is 468. The number of ether oxygens (including phenoxy) is 3. The van der Waals surface area contributed by atoms with E-state index in [9.17, 15) is 9.59 Å². The number of ketones is 2. The van der Waals surface area contributed by atoms with Crippen LogP contribution in [0.1, 0.15) is 24.2 Å². The van der Waals surface area contributed by atoms with Crippen LogP contribution < -0.4 is 14.2 Å². The Kier molecular flexibility index (Phi) is 4.92. The van der Waals surface area contributed by atoms with Gasteiger partial charge in [0.2, 0.25) is 0 Å². The molecule has 1 aromatic carbocycles. The lowest BCUT2D eigenvalue weighted by Crippen LogP contribution is -2.20. The number of Topliss-reactive ketones (excluding diaryl/α,β-unsaturated/α-hetero) is 2. The van der Waals surface area contributed by atoms with Crippen molar-refractivity contribution in [3.05, 3.63) is 17.7 Å². The third-order valence-electron chi connectivity index (χ3n) is 2.96. The first-order valence-electron chi connectivity index (χ1n) is 5.80. The van der Waals surface area contributed by atoms with Gasteiger partial charge >= 0.3 is 0 Å². The number of carbonyl (C=O) groups excluding carboxylic acids is 2. The summed E-state index contributed by atoms with van der Waals surface area (Å²) in [5.74, 6) is -0.102. The van der Waals surface area contributed by atoms with Crippen LogP contribution in [0.25, 0.3) is 0 Å². The molecule has 0 aliphatic rings. The van der Waals surface area contributed by atoms with E-state index in [1.165, 1.54) is 28.3 Å². The summed E-state index contributed by atoms with van der Waals surface area (Å²) in [5.41, 5.74) is 0.258. The van der Waals surface area contributed by atoms with Gasteiger partial charge in [0.25, 0.3) is 0 Å². The zero-order valence-corrected chi connectivity index (χ0v) is 11.8. The normalized spacial score (nSPS) is 11.6. The van der Waals surface area contributed by atoms with Gasteiger partial charge in [0.05, 0.1) is 27.2 Å². The minimum Gasteiger partial charge on any atom is -0.496 e. The van der Waals surface area contributed by atoms with Gasteiger partial charge in [-0.1, -0.05) is 0 Å². The Hall–Kier alpha value is -2.04. The van der Waals surface area contributed by atoms with Gasteiger partial charge in [-0.2, -0.15) is 0 Å². The lowest BCUT2D eigenvalue weighted by atomic mass is 9.94. The first-order chi connectivity index (χ1) is 8.96. The topological polar surface area (TPSA) is 61.8 Å². The van der Waals surface area contributed by atoms with Gasteiger partial charge in [0, 0.05) is 12.1 Å². The average Bonchev–Trinajstić information content (AvgIpc) is 2.43. The molecular weight excluding hydrogens is 248 g/mol. The molecule has 0 N–H and O–H groups in total. The minimum atomic E-state index is -0.740. The summed E-state index contributed by atoms with van der Waals surface area (Å²) >= 11 is 0. The van der Waals surface area contributed by atoms with Crippen LogP contribution in [0, 0.1) is 5.92 Å². The van der Waals surface area contributed by atoms with E-state index in [-0.39, 0.29) is 17.1 Å². The van der Waals surface area contributed by atoms with Gasteiger partial charge in [-0.15, -0.1) is 0 Å². The summed E-state index contributed by atoms with van der Waals surface area (Å²) in [5, 5.41) is 0. The summed E-state index contributed by atoms with van der Waals surface area (Å²) in [6.07, 6.45) is 0. The van der Waals surface area contributed by atoms with Crippen LogP contribution in [-0.2, 0) is 4.79 Å². The number of hydrogen-bond acceptors (Lipinski definition) is 5. The summed E-state index contributed by atoms with van der Waals surface area (Å²) in [4.78, 5) is 23.7. The van der Waals surface area contributed by atoms with Crippen LogP contribution in [0.2, 0.25) is 0 Å². The molecule has 1 atom stereocenters. The second kappa shape index (κ2) is 6.22. The van der Waals surface area contributed by atoms with E-state index in [0.29, 0.717) is 17.2 Å². The molecule has 104 valence electrons. The number of rotatable bonds is 6. The molecule has 0 fully saturated rings. The van der Waals surface area contributed by atoms with Crippen molar-refractivity contribution >= 4 is 11.6 Å². The van der Waals surface area contributed by atoms with Crippen LogP contribution in [0.5, 0.6) is 17.2 Å². The first kappa shape index (κ1) is 15.0. The first-order valence-corrected chi connectivity index (χ1v) is 5.80. The molecule has 5 nitrogen and oxygen atoms in total. The minimum absolute atomic E-state index is 0.204. The number of hydrogen-bond donors (Lipinski definition) is 0. The second-order valence-corrected chi connectivity index (χ2v) is 4.10. The van der Waals surface area contributed by atoms with Crippen LogP contribution in [0.3, 0.4) is 0 Å². The van der Waals surface area contributed by atoms with E-state index in [0.717, 1.165) is 0 Å². The monoisotopic (exact) mass is 266 g/mol. The summed E-state index contributed by atoms with van der Waals surface area (Å²) in [7, 11) is 4.40. The molecular formula is C14H18O5. The fraction of sp³-hybridized carbons (Fsp3) is 0.429. The lowest BCUT2D eigenvalue weighted by Gasteiger charge is -2.16. The van der Waals surface area contributed by atoms with Crippen molar-refractivity contribution in [3.63, 3.8) is 0 Å². The van der Waals surface area contributed by atoms with Crippen molar-refractivity contribution < 1.29 is 23.8 Å². The van der Waals surface area contributed by atoms with Crippen LogP contribution in [0.4, 0.5) is 0 Å². The Morgan fingerprint density at radius 2 is 1.47 bits per heavy atom. The van der Waals surface area contributed by atoms with Gasteiger partial charge in [-0.05, 0) is 13.8 Å². The third-order valence-corrected chi connectivity index (χ3v) is 2.96. The largest absolute Gasteiger partial charge is 0.496 e. The van der Waals surface area contributed by atoms with Crippen molar-refractivity contribution in [3.8, 4) is 17.2 Å². The molecule has 0 amide bonds. The molecule has 0 aliphatic heterocycles. The van der Waals surface area contributed by atoms with Crippen molar-refractivity contribution in [2.45, 2.75) is 13.8 Å². The highest BCUT2D eigenvalue weighted by Crippen LogP contribution is 2.35. The van der Waals surface area contributed by atoms with E-state index in [1.54, 1.807) is 19.1 Å². The predicted octanol–water partition coefficient (Wildman–Crippen LogP) is 2.12. The molecule has 0 aliphatic carbocycles. The standard InChI is InChI=1S/C14H18O5/c1-8(9(2)15)14(16)13-11(18-4)6-10(17-3)7-12(13)19-5/h6-8H,1-5H3. The highest BCUT2D eigenvalue weighted by atomic mass is 16.5. The molecule has 1 aromatic rings. The van der Waals surface area contributed by atoms with Gasteiger partial charge in [-0.3, -0.25) is 9.59 Å². The highest BCUT2D eigenvalue weighted by Gasteiger charge is 2.27. The molecule has 0 radical (unpaired) electrons. The van der Waals surface area contributed by atoms with Crippen molar-refractivity contribution in [1.82, 2.24) is 0 Å². The molecule has 0 bridgehead atoms. The molecule has 0 spiro atoms. The second-order valence-electron chi connectivity index (χ2n) is 4.10. The number of methoxy groups -OCH3 is 3. The van der Waals surface area contributed by atoms with Gasteiger partial charge < -0.3 is 14.2 Å². The predicted molar refractivity (Wildman–Crippen MR) is 70.3 cm³/mol. The van der Waals surface area contributed by atoms with E-state index in [2.05, 4.69) is 0 Å². The summed E-state index contributed by atoms with van der Waals surface area (Å²) in [6.45, 7) is 2.94. The average molecular weight is 266 g/mol. The van der Waals surface area contributed by atoms with Crippen molar-refractivity contribution in [1.29, 1.82) is 0 Å².